The largest absolute Gasteiger partial charge is 0.342 e. The lowest BCUT2D eigenvalue weighted by atomic mass is 9.90. The van der Waals surface area contributed by atoms with Gasteiger partial charge in [0.15, 0.2) is 0 Å². The Hall–Kier alpha value is -3.60. The fraction of sp³-hybridized carbons (Fsp3) is 0.304. The lowest BCUT2D eigenvalue weighted by molar-refractivity contribution is -0.131. The highest BCUT2D eigenvalue weighted by Gasteiger charge is 2.23. The van der Waals surface area contributed by atoms with E-state index in [1.807, 2.05) is 35.2 Å². The Morgan fingerprint density at radius 1 is 1.06 bits per heavy atom. The normalized spacial score (nSPS) is 14.4. The van der Waals surface area contributed by atoms with E-state index in [2.05, 4.69) is 15.5 Å². The van der Waals surface area contributed by atoms with Gasteiger partial charge in [-0.05, 0) is 77.4 Å². The van der Waals surface area contributed by atoms with Crippen LogP contribution < -0.4 is 0 Å². The van der Waals surface area contributed by atoms with E-state index >= 15 is 0 Å². The molecule has 0 aliphatic carbocycles. The first-order valence-corrected chi connectivity index (χ1v) is 10.2. The molecule has 4 rings (SSSR count). The maximum absolute atomic E-state index is 13.4. The maximum Gasteiger partial charge on any atom is 0.226 e. The van der Waals surface area contributed by atoms with Gasteiger partial charge in [-0.15, -0.1) is 5.10 Å². The van der Waals surface area contributed by atoms with Crippen molar-refractivity contribution in [3.63, 3.8) is 0 Å². The van der Waals surface area contributed by atoms with Gasteiger partial charge in [-0.3, -0.25) is 4.79 Å². The molecule has 3 aromatic rings. The van der Waals surface area contributed by atoms with Crippen LogP contribution in [0.2, 0.25) is 0 Å². The topological polar surface area (TPSA) is 87.7 Å². The van der Waals surface area contributed by atoms with Crippen molar-refractivity contribution >= 4 is 5.91 Å². The zero-order valence-electron chi connectivity index (χ0n) is 17.0. The lowest BCUT2D eigenvalue weighted by Gasteiger charge is -2.32. The van der Waals surface area contributed by atoms with Crippen LogP contribution in [0.1, 0.15) is 36.0 Å². The number of likely N-dealkylation sites (tertiary alicyclic amines) is 1. The van der Waals surface area contributed by atoms with E-state index in [0.29, 0.717) is 6.42 Å². The highest BCUT2D eigenvalue weighted by molar-refractivity contribution is 5.79. The summed E-state index contributed by atoms with van der Waals surface area (Å²) in [6.07, 6.45) is 5.35. The summed E-state index contributed by atoms with van der Waals surface area (Å²) in [6.45, 7) is 1.45. The van der Waals surface area contributed by atoms with Crippen LogP contribution in [0.25, 0.3) is 5.69 Å². The van der Waals surface area contributed by atoms with Crippen molar-refractivity contribution in [1.29, 1.82) is 5.26 Å². The van der Waals surface area contributed by atoms with Crippen LogP contribution in [-0.4, -0.2) is 44.1 Å². The van der Waals surface area contributed by atoms with Gasteiger partial charge in [0.2, 0.25) is 5.91 Å². The fourth-order valence-corrected chi connectivity index (χ4v) is 3.79. The Morgan fingerprint density at radius 3 is 2.48 bits per heavy atom. The quantitative estimate of drug-likeness (QED) is 0.615. The predicted octanol–water partition coefficient (Wildman–Crippen LogP) is 3.05. The Balaban J connectivity index is 1.24. The zero-order chi connectivity index (χ0) is 21.6. The highest BCUT2D eigenvalue weighted by atomic mass is 19.1. The summed E-state index contributed by atoms with van der Waals surface area (Å²) in [5.41, 5.74) is 2.87. The van der Waals surface area contributed by atoms with E-state index < -0.39 is 5.82 Å². The van der Waals surface area contributed by atoms with Crippen LogP contribution in [0.15, 0.2) is 48.8 Å². The van der Waals surface area contributed by atoms with Crippen LogP contribution >= 0.6 is 0 Å². The van der Waals surface area contributed by atoms with Crippen molar-refractivity contribution < 1.29 is 9.18 Å². The molecule has 31 heavy (non-hydrogen) atoms. The first-order valence-electron chi connectivity index (χ1n) is 10.2. The monoisotopic (exact) mass is 417 g/mol. The molecule has 1 aromatic heterocycles. The number of piperidine rings is 1. The minimum atomic E-state index is -0.476. The van der Waals surface area contributed by atoms with Gasteiger partial charge in [0.25, 0.3) is 0 Å². The van der Waals surface area contributed by atoms with Gasteiger partial charge in [-0.1, -0.05) is 18.2 Å². The number of halogens is 1. The first kappa shape index (κ1) is 20.7. The van der Waals surface area contributed by atoms with Crippen LogP contribution in [-0.2, 0) is 17.6 Å². The molecule has 1 amide bonds. The summed E-state index contributed by atoms with van der Waals surface area (Å²) in [6, 6.07) is 14.2. The zero-order valence-corrected chi connectivity index (χ0v) is 17.0. The third-order valence-electron chi connectivity index (χ3n) is 5.65. The smallest absolute Gasteiger partial charge is 0.226 e. The van der Waals surface area contributed by atoms with Crippen LogP contribution in [0.5, 0.6) is 0 Å². The molecular weight excluding hydrogens is 395 g/mol. The van der Waals surface area contributed by atoms with Crippen molar-refractivity contribution in [2.24, 2.45) is 0 Å². The number of benzene rings is 2. The third kappa shape index (κ3) is 5.12. The minimum absolute atomic E-state index is 0.0916. The molecule has 1 aliphatic heterocycles. The molecule has 0 spiro atoms. The summed E-state index contributed by atoms with van der Waals surface area (Å²) in [7, 11) is 0. The Morgan fingerprint density at radius 2 is 1.81 bits per heavy atom. The molecule has 0 bridgehead atoms. The molecule has 1 fully saturated rings. The SMILES string of the molecule is N#Cc1cc(CC[C]2CCN(C(=O)Cc3ccc(-n4cnnn4)cc3)CC2)ccc1F. The highest BCUT2D eigenvalue weighted by Crippen LogP contribution is 2.25. The van der Waals surface area contributed by atoms with E-state index in [4.69, 9.17) is 5.26 Å². The number of carbonyl (C=O) groups excluding carboxylic acids is 1. The number of nitriles is 1. The lowest BCUT2D eigenvalue weighted by Crippen LogP contribution is -2.38. The molecule has 2 heterocycles. The molecule has 7 nitrogen and oxygen atoms in total. The summed E-state index contributed by atoms with van der Waals surface area (Å²) >= 11 is 0. The summed E-state index contributed by atoms with van der Waals surface area (Å²) < 4.78 is 15.0. The van der Waals surface area contributed by atoms with Crippen molar-refractivity contribution in [3.8, 4) is 11.8 Å². The number of aromatic nitrogens is 4. The van der Waals surface area contributed by atoms with Gasteiger partial charge in [-0.2, -0.15) is 5.26 Å². The molecule has 1 saturated heterocycles. The third-order valence-corrected chi connectivity index (χ3v) is 5.65. The molecule has 157 valence electrons. The summed E-state index contributed by atoms with van der Waals surface area (Å²) in [4.78, 5) is 14.6. The molecule has 0 unspecified atom stereocenters. The molecule has 0 N–H and O–H groups in total. The van der Waals surface area contributed by atoms with Crippen LogP contribution in [0, 0.1) is 23.1 Å². The van der Waals surface area contributed by atoms with E-state index in [9.17, 15) is 9.18 Å². The standard InChI is InChI=1S/C23H22FN6O/c24-22-8-5-18(13-20(22)15-25)2-1-17-9-11-29(12-10-17)23(31)14-19-3-6-21(7-4-19)30-16-26-27-28-30/h3-8,13,16H,1-2,9-12,14H2. The van der Waals surface area contributed by atoms with E-state index in [0.717, 1.165) is 55.6 Å². The van der Waals surface area contributed by atoms with Gasteiger partial charge >= 0.3 is 0 Å². The average Bonchev–Trinajstić information content (AvgIpc) is 3.34. The number of carbonyl (C=O) groups is 1. The molecule has 1 radical (unpaired) electrons. The van der Waals surface area contributed by atoms with E-state index in [1.54, 1.807) is 16.8 Å². The van der Waals surface area contributed by atoms with E-state index in [-0.39, 0.29) is 11.5 Å². The Labute approximate surface area is 180 Å². The molecule has 0 atom stereocenters. The number of hydrogen-bond acceptors (Lipinski definition) is 5. The first-order chi connectivity index (χ1) is 15.1. The van der Waals surface area contributed by atoms with Gasteiger partial charge < -0.3 is 4.90 Å². The average molecular weight is 417 g/mol. The Kier molecular flexibility index (Phi) is 6.32. The van der Waals surface area contributed by atoms with Gasteiger partial charge in [-0.25, -0.2) is 9.07 Å². The summed E-state index contributed by atoms with van der Waals surface area (Å²) in [5.74, 6) is 1.07. The number of tetrazole rings is 1. The van der Waals surface area contributed by atoms with E-state index in [1.165, 1.54) is 18.3 Å². The molecule has 1 aliphatic rings. The summed E-state index contributed by atoms with van der Waals surface area (Å²) in [5, 5.41) is 20.1. The second-order valence-corrected chi connectivity index (χ2v) is 7.65. The van der Waals surface area contributed by atoms with Crippen LogP contribution in [0.4, 0.5) is 4.39 Å². The fourth-order valence-electron chi connectivity index (χ4n) is 3.79. The molecular formula is C23H22FN6O. The van der Waals surface area contributed by atoms with Crippen molar-refractivity contribution in [2.45, 2.75) is 32.1 Å². The maximum atomic E-state index is 13.4. The molecule has 0 saturated carbocycles. The predicted molar refractivity (Wildman–Crippen MR) is 111 cm³/mol. The molecule has 8 heteroatoms. The van der Waals surface area contributed by atoms with Gasteiger partial charge in [0, 0.05) is 13.1 Å². The number of aryl methyl sites for hydroxylation is 1. The van der Waals surface area contributed by atoms with Crippen molar-refractivity contribution in [2.75, 3.05) is 13.1 Å². The second-order valence-electron chi connectivity index (χ2n) is 7.65. The van der Waals surface area contributed by atoms with Gasteiger partial charge in [0.05, 0.1) is 17.7 Å². The van der Waals surface area contributed by atoms with Crippen molar-refractivity contribution in [3.05, 3.63) is 77.2 Å². The second kappa shape index (κ2) is 9.47. The number of amides is 1. The minimum Gasteiger partial charge on any atom is -0.342 e. The molecule has 2 aromatic carbocycles. The Bertz CT molecular complexity index is 1070. The van der Waals surface area contributed by atoms with Crippen LogP contribution in [0.3, 0.4) is 0 Å². The number of nitrogens with zero attached hydrogens (tertiary/aromatic N) is 6. The van der Waals surface area contributed by atoms with Crippen molar-refractivity contribution in [1.82, 2.24) is 25.1 Å². The van der Waals surface area contributed by atoms with Gasteiger partial charge in [0.1, 0.15) is 18.2 Å². The number of rotatable bonds is 6. The number of hydrogen-bond donors (Lipinski definition) is 0.